The minimum absolute atomic E-state index is 0.00310. The summed E-state index contributed by atoms with van der Waals surface area (Å²) in [6.07, 6.45) is -0.193. The fourth-order valence-corrected chi connectivity index (χ4v) is 1.41. The van der Waals surface area contributed by atoms with E-state index in [0.717, 1.165) is 5.56 Å². The summed E-state index contributed by atoms with van der Waals surface area (Å²) in [4.78, 5) is 15.5. The first-order chi connectivity index (χ1) is 7.16. The maximum absolute atomic E-state index is 10.6. The lowest BCUT2D eigenvalue weighted by molar-refractivity contribution is -0.129. The van der Waals surface area contributed by atoms with Crippen LogP contribution in [0.3, 0.4) is 0 Å². The van der Waals surface area contributed by atoms with Crippen LogP contribution in [-0.2, 0) is 9.63 Å². The van der Waals surface area contributed by atoms with E-state index >= 15 is 0 Å². The molecule has 5 nitrogen and oxygen atoms in total. The first kappa shape index (κ1) is 9.51. The molecule has 2 N–H and O–H groups in total. The van der Waals surface area contributed by atoms with Gasteiger partial charge in [0.2, 0.25) is 0 Å². The summed E-state index contributed by atoms with van der Waals surface area (Å²) in [5.41, 5.74) is 0.721. The van der Waals surface area contributed by atoms with Crippen LogP contribution in [0.15, 0.2) is 29.4 Å². The molecule has 5 heteroatoms. The first-order valence-electron chi connectivity index (χ1n) is 4.42. The van der Waals surface area contributed by atoms with Crippen molar-refractivity contribution in [1.29, 1.82) is 0 Å². The molecule has 2 rings (SSSR count). The Morgan fingerprint density at radius 3 is 2.93 bits per heavy atom. The largest absolute Gasteiger partial charge is 0.508 e. The van der Waals surface area contributed by atoms with Crippen molar-refractivity contribution in [2.45, 2.75) is 12.5 Å². The van der Waals surface area contributed by atoms with E-state index in [1.807, 2.05) is 0 Å². The van der Waals surface area contributed by atoms with E-state index in [-0.39, 0.29) is 17.9 Å². The van der Waals surface area contributed by atoms with Crippen LogP contribution >= 0.6 is 0 Å². The summed E-state index contributed by atoms with van der Waals surface area (Å²) in [5, 5.41) is 21.4. The molecule has 0 bridgehead atoms. The van der Waals surface area contributed by atoms with Gasteiger partial charge in [-0.3, -0.25) is 0 Å². The molecule has 1 atom stereocenters. The van der Waals surface area contributed by atoms with Crippen molar-refractivity contribution in [2.24, 2.45) is 5.16 Å². The zero-order valence-corrected chi connectivity index (χ0v) is 7.75. The molecular weight excluding hydrogens is 198 g/mol. The fourth-order valence-electron chi connectivity index (χ4n) is 1.41. The highest BCUT2D eigenvalue weighted by Crippen LogP contribution is 2.28. The number of hydrogen-bond donors (Lipinski definition) is 2. The average Bonchev–Trinajstić information content (AvgIpc) is 2.66. The van der Waals surface area contributed by atoms with Crippen LogP contribution in [0.25, 0.3) is 0 Å². The lowest BCUT2D eigenvalue weighted by atomic mass is 10.0. The average molecular weight is 207 g/mol. The van der Waals surface area contributed by atoms with E-state index in [1.54, 1.807) is 12.1 Å². The molecule has 1 unspecified atom stereocenters. The lowest BCUT2D eigenvalue weighted by Gasteiger charge is -2.07. The third kappa shape index (κ3) is 1.90. The molecule has 1 aromatic carbocycles. The summed E-state index contributed by atoms with van der Waals surface area (Å²) in [7, 11) is 0. The minimum atomic E-state index is -1.07. The smallest absolute Gasteiger partial charge is 0.353 e. The summed E-state index contributed by atoms with van der Waals surface area (Å²) >= 11 is 0. The Hall–Kier alpha value is -2.04. The van der Waals surface area contributed by atoms with Crippen LogP contribution in [0.2, 0.25) is 0 Å². The second-order valence-corrected chi connectivity index (χ2v) is 3.24. The highest BCUT2D eigenvalue weighted by atomic mass is 16.6. The Morgan fingerprint density at radius 1 is 1.53 bits per heavy atom. The Labute approximate surface area is 85.6 Å². The van der Waals surface area contributed by atoms with Gasteiger partial charge in [-0.2, -0.15) is 0 Å². The van der Waals surface area contributed by atoms with Gasteiger partial charge in [-0.25, -0.2) is 4.79 Å². The van der Waals surface area contributed by atoms with Gasteiger partial charge in [-0.1, -0.05) is 17.3 Å². The monoisotopic (exact) mass is 207 g/mol. The molecule has 78 valence electrons. The maximum atomic E-state index is 10.6. The molecule has 0 saturated heterocycles. The first-order valence-corrected chi connectivity index (χ1v) is 4.42. The highest BCUT2D eigenvalue weighted by Gasteiger charge is 2.27. The molecule has 0 aliphatic carbocycles. The molecule has 0 fully saturated rings. The van der Waals surface area contributed by atoms with E-state index in [4.69, 9.17) is 9.94 Å². The summed E-state index contributed by atoms with van der Waals surface area (Å²) in [5.74, 6) is -0.947. The van der Waals surface area contributed by atoms with Gasteiger partial charge in [0.25, 0.3) is 0 Å². The predicted molar refractivity (Wildman–Crippen MR) is 51.6 cm³/mol. The third-order valence-electron chi connectivity index (χ3n) is 2.16. The van der Waals surface area contributed by atoms with Crippen LogP contribution in [0.4, 0.5) is 0 Å². The number of phenols is 1. The number of aromatic hydroxyl groups is 1. The van der Waals surface area contributed by atoms with Crippen LogP contribution in [0, 0.1) is 0 Å². The molecule has 15 heavy (non-hydrogen) atoms. The number of carboxylic acid groups (broad SMARTS) is 1. The number of carboxylic acids is 1. The fraction of sp³-hybridized carbons (Fsp3) is 0.200. The van der Waals surface area contributed by atoms with Crippen molar-refractivity contribution in [1.82, 2.24) is 0 Å². The highest BCUT2D eigenvalue weighted by molar-refractivity contribution is 6.35. The van der Waals surface area contributed by atoms with Crippen molar-refractivity contribution < 1.29 is 19.8 Å². The molecule has 0 aromatic heterocycles. The van der Waals surface area contributed by atoms with Crippen molar-refractivity contribution in [2.75, 3.05) is 0 Å². The third-order valence-corrected chi connectivity index (χ3v) is 2.16. The maximum Gasteiger partial charge on any atom is 0.353 e. The van der Waals surface area contributed by atoms with Crippen LogP contribution in [-0.4, -0.2) is 21.9 Å². The van der Waals surface area contributed by atoms with E-state index in [0.29, 0.717) is 0 Å². The Morgan fingerprint density at radius 2 is 2.33 bits per heavy atom. The standard InChI is InChI=1S/C10H9NO4/c12-7-3-1-2-6(4-7)9-5-8(10(13)14)11-15-9/h1-4,9,12H,5H2,(H,13,14). The topological polar surface area (TPSA) is 79.1 Å². The summed E-state index contributed by atoms with van der Waals surface area (Å²) in [6, 6.07) is 6.50. The predicted octanol–water partition coefficient (Wildman–Crippen LogP) is 1.29. The number of hydrogen-bond acceptors (Lipinski definition) is 4. The molecular formula is C10H9NO4. The zero-order chi connectivity index (χ0) is 10.8. The van der Waals surface area contributed by atoms with Gasteiger partial charge in [0.1, 0.15) is 5.75 Å². The molecule has 1 aromatic rings. The lowest BCUT2D eigenvalue weighted by Crippen LogP contribution is -2.11. The van der Waals surface area contributed by atoms with Gasteiger partial charge < -0.3 is 15.1 Å². The molecule has 0 radical (unpaired) electrons. The number of carbonyl (C=O) groups is 1. The van der Waals surface area contributed by atoms with Gasteiger partial charge in [0.05, 0.1) is 0 Å². The molecule has 1 heterocycles. The Kier molecular flexibility index (Phi) is 2.29. The molecule has 0 amide bonds. The van der Waals surface area contributed by atoms with Gasteiger partial charge in [0.15, 0.2) is 11.8 Å². The quantitative estimate of drug-likeness (QED) is 0.765. The SMILES string of the molecule is O=C(O)C1=NOC(c2cccc(O)c2)C1. The molecule has 1 aliphatic heterocycles. The van der Waals surface area contributed by atoms with Gasteiger partial charge in [-0.05, 0) is 17.7 Å². The van der Waals surface area contributed by atoms with Gasteiger partial charge in [0, 0.05) is 6.42 Å². The van der Waals surface area contributed by atoms with Crippen LogP contribution in [0.5, 0.6) is 5.75 Å². The number of aliphatic carboxylic acids is 1. The van der Waals surface area contributed by atoms with Crippen molar-refractivity contribution in [3.63, 3.8) is 0 Å². The van der Waals surface area contributed by atoms with E-state index < -0.39 is 12.1 Å². The summed E-state index contributed by atoms with van der Waals surface area (Å²) < 4.78 is 0. The van der Waals surface area contributed by atoms with Gasteiger partial charge >= 0.3 is 5.97 Å². The van der Waals surface area contributed by atoms with Crippen molar-refractivity contribution >= 4 is 11.7 Å². The van der Waals surface area contributed by atoms with E-state index in [9.17, 15) is 9.90 Å². The van der Waals surface area contributed by atoms with E-state index in [1.165, 1.54) is 12.1 Å². The van der Waals surface area contributed by atoms with Gasteiger partial charge in [-0.15, -0.1) is 0 Å². The summed E-state index contributed by atoms with van der Waals surface area (Å²) in [6.45, 7) is 0. The van der Waals surface area contributed by atoms with Crippen molar-refractivity contribution in [3.8, 4) is 5.75 Å². The molecule has 0 saturated carbocycles. The number of phenolic OH excluding ortho intramolecular Hbond substituents is 1. The Bertz CT molecular complexity index is 427. The second kappa shape index (κ2) is 3.61. The molecule has 0 spiro atoms. The Balaban J connectivity index is 2.13. The normalized spacial score (nSPS) is 19.5. The second-order valence-electron chi connectivity index (χ2n) is 3.24. The number of benzene rings is 1. The minimum Gasteiger partial charge on any atom is -0.508 e. The number of rotatable bonds is 2. The zero-order valence-electron chi connectivity index (χ0n) is 7.75. The van der Waals surface area contributed by atoms with Crippen LogP contribution in [0.1, 0.15) is 18.1 Å². The van der Waals surface area contributed by atoms with Crippen LogP contribution < -0.4 is 0 Å². The number of oxime groups is 1. The van der Waals surface area contributed by atoms with Crippen molar-refractivity contribution in [3.05, 3.63) is 29.8 Å². The molecule has 1 aliphatic rings. The number of nitrogens with zero attached hydrogens (tertiary/aromatic N) is 1. The van der Waals surface area contributed by atoms with E-state index in [2.05, 4.69) is 5.16 Å².